The van der Waals surface area contributed by atoms with Gasteiger partial charge in [-0.3, -0.25) is 9.59 Å². The van der Waals surface area contributed by atoms with Crippen molar-refractivity contribution in [1.82, 2.24) is 4.98 Å². The number of aromatic nitrogens is 1. The maximum Gasteiger partial charge on any atom is 0.195 e. The van der Waals surface area contributed by atoms with Gasteiger partial charge in [-0.2, -0.15) is 0 Å². The van der Waals surface area contributed by atoms with E-state index in [1.807, 2.05) is 30.4 Å². The highest BCUT2D eigenvalue weighted by Crippen LogP contribution is 2.36. The maximum atomic E-state index is 12.3. The lowest BCUT2D eigenvalue weighted by atomic mass is 9.97. The molecular formula is C16H9NO2. The van der Waals surface area contributed by atoms with E-state index in [1.54, 1.807) is 12.1 Å². The Balaban J connectivity index is 2.05. The van der Waals surface area contributed by atoms with Crippen LogP contribution in [-0.4, -0.2) is 16.6 Å². The molecule has 0 unspecified atom stereocenters. The van der Waals surface area contributed by atoms with Crippen molar-refractivity contribution in [3.8, 4) is 11.3 Å². The fraction of sp³-hybridized carbons (Fsp3) is 0.0625. The summed E-state index contributed by atoms with van der Waals surface area (Å²) < 4.78 is 0. The molecule has 19 heavy (non-hydrogen) atoms. The number of carbonyl (C=O) groups excluding carboxylic acids is 2. The van der Waals surface area contributed by atoms with Gasteiger partial charge in [-0.15, -0.1) is 0 Å². The third kappa shape index (κ3) is 1.30. The first-order chi connectivity index (χ1) is 9.25. The molecule has 1 aromatic heterocycles. The van der Waals surface area contributed by atoms with Gasteiger partial charge in [-0.25, -0.2) is 4.98 Å². The Bertz CT molecular complexity index is 787. The van der Waals surface area contributed by atoms with Crippen molar-refractivity contribution >= 4 is 17.6 Å². The predicted molar refractivity (Wildman–Crippen MR) is 71.1 cm³/mol. The van der Waals surface area contributed by atoms with E-state index in [2.05, 4.69) is 4.98 Å². The molecule has 0 amide bonds. The number of carbonyl (C=O) groups is 2. The van der Waals surface area contributed by atoms with Crippen LogP contribution in [0.1, 0.15) is 38.4 Å². The fourth-order valence-electron chi connectivity index (χ4n) is 2.68. The molecule has 3 nitrogen and oxygen atoms in total. The Morgan fingerprint density at radius 3 is 2.58 bits per heavy atom. The molecule has 0 atom stereocenters. The minimum Gasteiger partial charge on any atom is -0.294 e. The number of benzene rings is 1. The molecule has 0 aliphatic heterocycles. The molecule has 0 bridgehead atoms. The van der Waals surface area contributed by atoms with Gasteiger partial charge in [0.05, 0.1) is 11.4 Å². The van der Waals surface area contributed by atoms with Gasteiger partial charge in [-0.1, -0.05) is 30.3 Å². The van der Waals surface area contributed by atoms with Gasteiger partial charge in [0, 0.05) is 28.7 Å². The second-order valence-electron chi connectivity index (χ2n) is 4.72. The summed E-state index contributed by atoms with van der Waals surface area (Å²) in [6.45, 7) is 0. The second kappa shape index (κ2) is 3.48. The first kappa shape index (κ1) is 10.4. The van der Waals surface area contributed by atoms with Gasteiger partial charge in [0.25, 0.3) is 0 Å². The van der Waals surface area contributed by atoms with Crippen molar-refractivity contribution in [2.45, 2.75) is 6.42 Å². The van der Waals surface area contributed by atoms with E-state index in [1.165, 1.54) is 0 Å². The molecule has 90 valence electrons. The number of Topliss-reactive ketones (excluding diaryl/α,β-unsaturated/α-hetero) is 1. The van der Waals surface area contributed by atoms with Gasteiger partial charge in [0.2, 0.25) is 0 Å². The third-order valence-electron chi connectivity index (χ3n) is 3.60. The molecule has 0 saturated carbocycles. The van der Waals surface area contributed by atoms with E-state index in [-0.39, 0.29) is 11.6 Å². The van der Waals surface area contributed by atoms with Crippen molar-refractivity contribution in [2.24, 2.45) is 0 Å². The lowest BCUT2D eigenvalue weighted by molar-refractivity contribution is 0.0994. The number of pyridine rings is 1. The van der Waals surface area contributed by atoms with Crippen LogP contribution in [0.5, 0.6) is 0 Å². The standard InChI is InChI=1S/C16H9NO2/c18-14-7-3-6-13-11(14)8-12-15(17-13)9-4-1-2-5-10(9)16(12)19/h1-6,8H,7H2. The summed E-state index contributed by atoms with van der Waals surface area (Å²) >= 11 is 0. The van der Waals surface area contributed by atoms with Crippen LogP contribution < -0.4 is 0 Å². The molecule has 0 N–H and O–H groups in total. The van der Waals surface area contributed by atoms with Gasteiger partial charge < -0.3 is 0 Å². The van der Waals surface area contributed by atoms with Gasteiger partial charge >= 0.3 is 0 Å². The van der Waals surface area contributed by atoms with Gasteiger partial charge in [0.1, 0.15) is 0 Å². The molecule has 2 aromatic rings. The van der Waals surface area contributed by atoms with Crippen LogP contribution in [0, 0.1) is 0 Å². The Hall–Kier alpha value is -2.55. The monoisotopic (exact) mass is 247 g/mol. The zero-order valence-electron chi connectivity index (χ0n) is 10.0. The molecule has 0 saturated heterocycles. The van der Waals surface area contributed by atoms with Crippen molar-refractivity contribution < 1.29 is 9.59 Å². The number of rotatable bonds is 0. The Kier molecular flexibility index (Phi) is 1.90. The third-order valence-corrected chi connectivity index (χ3v) is 3.60. The van der Waals surface area contributed by atoms with Crippen LogP contribution in [-0.2, 0) is 0 Å². The van der Waals surface area contributed by atoms with Crippen molar-refractivity contribution in [2.75, 3.05) is 0 Å². The van der Waals surface area contributed by atoms with Crippen LogP contribution in [0.3, 0.4) is 0 Å². The fourth-order valence-corrected chi connectivity index (χ4v) is 2.68. The first-order valence-electron chi connectivity index (χ1n) is 6.14. The summed E-state index contributed by atoms with van der Waals surface area (Å²) in [5.74, 6) is -0.0141. The highest BCUT2D eigenvalue weighted by atomic mass is 16.1. The molecule has 3 heteroatoms. The van der Waals surface area contributed by atoms with Crippen LogP contribution >= 0.6 is 0 Å². The smallest absolute Gasteiger partial charge is 0.195 e. The lowest BCUT2D eigenvalue weighted by Gasteiger charge is -2.10. The quantitative estimate of drug-likeness (QED) is 0.613. The Morgan fingerprint density at radius 1 is 0.947 bits per heavy atom. The number of hydrogen-bond acceptors (Lipinski definition) is 3. The van der Waals surface area contributed by atoms with E-state index < -0.39 is 0 Å². The SMILES string of the molecule is O=C1CC=Cc2nc3c(cc21)C(=O)c1ccccc1-3. The molecule has 2 aliphatic rings. The first-order valence-corrected chi connectivity index (χ1v) is 6.14. The zero-order valence-corrected chi connectivity index (χ0v) is 10.0. The van der Waals surface area contributed by atoms with Crippen molar-refractivity contribution in [3.63, 3.8) is 0 Å². The molecule has 1 aromatic carbocycles. The molecule has 2 aliphatic carbocycles. The lowest BCUT2D eigenvalue weighted by Crippen LogP contribution is -2.08. The second-order valence-corrected chi connectivity index (χ2v) is 4.72. The van der Waals surface area contributed by atoms with Crippen LogP contribution in [0.4, 0.5) is 0 Å². The van der Waals surface area contributed by atoms with E-state index in [4.69, 9.17) is 0 Å². The average Bonchev–Trinajstić information content (AvgIpc) is 2.72. The normalized spacial score (nSPS) is 15.2. The molecule has 4 rings (SSSR count). The largest absolute Gasteiger partial charge is 0.294 e. The number of allylic oxidation sites excluding steroid dienone is 1. The Morgan fingerprint density at radius 2 is 1.74 bits per heavy atom. The van der Waals surface area contributed by atoms with Crippen LogP contribution in [0.25, 0.3) is 17.3 Å². The topological polar surface area (TPSA) is 47.0 Å². The number of nitrogens with zero attached hydrogens (tertiary/aromatic N) is 1. The molecule has 0 spiro atoms. The zero-order chi connectivity index (χ0) is 13.0. The maximum absolute atomic E-state index is 12.3. The summed E-state index contributed by atoms with van der Waals surface area (Å²) in [4.78, 5) is 28.7. The molecule has 0 fully saturated rings. The highest BCUT2D eigenvalue weighted by Gasteiger charge is 2.30. The van der Waals surface area contributed by atoms with E-state index in [0.717, 1.165) is 5.56 Å². The van der Waals surface area contributed by atoms with Crippen molar-refractivity contribution in [1.29, 1.82) is 0 Å². The Labute approximate surface area is 109 Å². The van der Waals surface area contributed by atoms with Crippen molar-refractivity contribution in [3.05, 3.63) is 58.8 Å². The number of ketones is 2. The number of hydrogen-bond donors (Lipinski definition) is 0. The summed E-state index contributed by atoms with van der Waals surface area (Å²) in [5, 5.41) is 0. The predicted octanol–water partition coefficient (Wildman–Crippen LogP) is 2.89. The molecule has 1 heterocycles. The summed E-state index contributed by atoms with van der Waals surface area (Å²) in [6.07, 6.45) is 4.05. The average molecular weight is 247 g/mol. The molecule has 0 radical (unpaired) electrons. The van der Waals surface area contributed by atoms with Crippen LogP contribution in [0.2, 0.25) is 0 Å². The van der Waals surface area contributed by atoms with E-state index in [0.29, 0.717) is 34.5 Å². The minimum atomic E-state index is -0.0387. The van der Waals surface area contributed by atoms with E-state index in [9.17, 15) is 9.59 Å². The molecular weight excluding hydrogens is 238 g/mol. The summed E-state index contributed by atoms with van der Waals surface area (Å²) in [7, 11) is 0. The highest BCUT2D eigenvalue weighted by molar-refractivity contribution is 6.22. The number of fused-ring (bicyclic) bond motifs is 4. The summed E-state index contributed by atoms with van der Waals surface area (Å²) in [6, 6.07) is 9.13. The van der Waals surface area contributed by atoms with Gasteiger partial charge in [-0.05, 0) is 12.1 Å². The van der Waals surface area contributed by atoms with E-state index >= 15 is 0 Å². The van der Waals surface area contributed by atoms with Gasteiger partial charge in [0.15, 0.2) is 11.6 Å². The van der Waals surface area contributed by atoms with Crippen LogP contribution in [0.15, 0.2) is 36.4 Å². The summed E-state index contributed by atoms with van der Waals surface area (Å²) in [5.41, 5.74) is 3.99. The minimum absolute atomic E-state index is 0.0246.